The molecule has 0 saturated carbocycles. The summed E-state index contributed by atoms with van der Waals surface area (Å²) in [4.78, 5) is 29.1. The molecule has 1 fully saturated rings. The van der Waals surface area contributed by atoms with Crippen LogP contribution >= 0.6 is 11.3 Å². The maximum Gasteiger partial charge on any atom is 0.264 e. The summed E-state index contributed by atoms with van der Waals surface area (Å²) in [6.45, 7) is 1.26. The Kier molecular flexibility index (Phi) is 5.58. The van der Waals surface area contributed by atoms with E-state index in [1.807, 2.05) is 6.07 Å². The Hall–Kier alpha value is -1.99. The Labute approximate surface area is 156 Å². The van der Waals surface area contributed by atoms with E-state index in [1.165, 1.54) is 24.5 Å². The van der Waals surface area contributed by atoms with Gasteiger partial charge in [-0.05, 0) is 25.0 Å². The maximum atomic E-state index is 14.3. The van der Waals surface area contributed by atoms with Crippen LogP contribution in [0.25, 0.3) is 10.1 Å². The van der Waals surface area contributed by atoms with Gasteiger partial charge in [0.25, 0.3) is 5.91 Å². The van der Waals surface area contributed by atoms with Gasteiger partial charge in [0.1, 0.15) is 5.82 Å². The van der Waals surface area contributed by atoms with E-state index in [2.05, 4.69) is 0 Å². The van der Waals surface area contributed by atoms with E-state index >= 15 is 0 Å². The van der Waals surface area contributed by atoms with E-state index in [-0.39, 0.29) is 30.2 Å². The van der Waals surface area contributed by atoms with Crippen LogP contribution in [0.2, 0.25) is 0 Å². The molecule has 0 spiro atoms. The van der Waals surface area contributed by atoms with Crippen molar-refractivity contribution >= 4 is 33.2 Å². The molecule has 26 heavy (non-hydrogen) atoms. The molecule has 5 nitrogen and oxygen atoms in total. The fourth-order valence-electron chi connectivity index (χ4n) is 3.46. The summed E-state index contributed by atoms with van der Waals surface area (Å²) in [5.74, 6) is -0.359. The van der Waals surface area contributed by atoms with Crippen molar-refractivity contribution in [1.29, 1.82) is 0 Å². The molecule has 140 valence electrons. The molecular formula is C19H23FN2O3S. The molecule has 2 aromatic rings. The van der Waals surface area contributed by atoms with Crippen molar-refractivity contribution in [3.63, 3.8) is 0 Å². The zero-order valence-corrected chi connectivity index (χ0v) is 16.1. The number of piperidine rings is 1. The molecule has 0 unspecified atom stereocenters. The van der Waals surface area contributed by atoms with Gasteiger partial charge in [0.2, 0.25) is 5.91 Å². The summed E-state index contributed by atoms with van der Waals surface area (Å²) in [6, 6.07) is 4.87. The van der Waals surface area contributed by atoms with Gasteiger partial charge in [-0.25, -0.2) is 4.39 Å². The molecule has 7 heteroatoms. The van der Waals surface area contributed by atoms with Crippen LogP contribution in [0.15, 0.2) is 18.2 Å². The van der Waals surface area contributed by atoms with Crippen LogP contribution in [-0.4, -0.2) is 55.9 Å². The monoisotopic (exact) mass is 378 g/mol. The highest BCUT2D eigenvalue weighted by Crippen LogP contribution is 2.35. The van der Waals surface area contributed by atoms with Crippen molar-refractivity contribution in [2.24, 2.45) is 5.92 Å². The van der Waals surface area contributed by atoms with Crippen LogP contribution in [0.1, 0.15) is 28.1 Å². The number of thiophene rings is 1. The Bertz CT molecular complexity index is 826. The zero-order valence-electron chi connectivity index (χ0n) is 15.3. The van der Waals surface area contributed by atoms with E-state index in [1.54, 1.807) is 30.0 Å². The lowest BCUT2D eigenvalue weighted by molar-refractivity contribution is -0.134. The number of rotatable bonds is 4. The molecule has 0 atom stereocenters. The van der Waals surface area contributed by atoms with Crippen molar-refractivity contribution in [2.75, 3.05) is 34.3 Å². The van der Waals surface area contributed by atoms with Gasteiger partial charge in [-0.3, -0.25) is 9.59 Å². The fraction of sp³-hybridized carbons (Fsp3) is 0.474. The highest BCUT2D eigenvalue weighted by molar-refractivity contribution is 7.21. The van der Waals surface area contributed by atoms with E-state index in [0.717, 1.165) is 4.70 Å². The van der Waals surface area contributed by atoms with Crippen LogP contribution in [-0.2, 0) is 16.1 Å². The van der Waals surface area contributed by atoms with Crippen LogP contribution in [0.4, 0.5) is 4.39 Å². The second-order valence-corrected chi connectivity index (χ2v) is 7.81. The largest absolute Gasteiger partial charge is 0.380 e. The molecule has 1 aromatic heterocycles. The van der Waals surface area contributed by atoms with Gasteiger partial charge in [0, 0.05) is 55.9 Å². The van der Waals surface area contributed by atoms with Gasteiger partial charge < -0.3 is 14.5 Å². The first-order valence-electron chi connectivity index (χ1n) is 8.63. The Balaban J connectivity index is 1.84. The predicted molar refractivity (Wildman–Crippen MR) is 99.8 cm³/mol. The number of hydrogen-bond donors (Lipinski definition) is 0. The number of likely N-dealkylation sites (tertiary alicyclic amines) is 1. The number of fused-ring (bicyclic) bond motifs is 1. The van der Waals surface area contributed by atoms with Crippen molar-refractivity contribution in [1.82, 2.24) is 9.80 Å². The normalized spacial score (nSPS) is 15.5. The minimum Gasteiger partial charge on any atom is -0.380 e. The molecule has 1 aliphatic heterocycles. The molecular weight excluding hydrogens is 355 g/mol. The number of methoxy groups -OCH3 is 1. The highest BCUT2D eigenvalue weighted by Gasteiger charge is 2.31. The topological polar surface area (TPSA) is 49.9 Å². The number of hydrogen-bond acceptors (Lipinski definition) is 4. The van der Waals surface area contributed by atoms with Crippen LogP contribution in [0.5, 0.6) is 0 Å². The van der Waals surface area contributed by atoms with Crippen LogP contribution in [0, 0.1) is 11.7 Å². The van der Waals surface area contributed by atoms with E-state index in [9.17, 15) is 14.0 Å². The predicted octanol–water partition coefficient (Wildman–Crippen LogP) is 3.13. The second-order valence-electron chi connectivity index (χ2n) is 6.75. The summed E-state index contributed by atoms with van der Waals surface area (Å²) >= 11 is 1.31. The standard InChI is InChI=1S/C19H23FN2O3S/c1-21(2)18(23)12-7-9-22(10-8-12)19(24)17-13(11-25-3)16-14(20)5-4-6-15(16)26-17/h4-6,12H,7-11H2,1-3H3. The molecule has 1 aliphatic rings. The third-order valence-corrected chi connectivity index (χ3v) is 6.00. The van der Waals surface area contributed by atoms with Crippen molar-refractivity contribution in [3.05, 3.63) is 34.5 Å². The molecule has 2 heterocycles. The highest BCUT2D eigenvalue weighted by atomic mass is 32.1. The molecule has 1 saturated heterocycles. The van der Waals surface area contributed by atoms with E-state index < -0.39 is 0 Å². The van der Waals surface area contributed by atoms with Gasteiger partial charge in [-0.1, -0.05) is 6.07 Å². The summed E-state index contributed by atoms with van der Waals surface area (Å²) in [6.07, 6.45) is 1.31. The first-order valence-corrected chi connectivity index (χ1v) is 9.45. The average molecular weight is 378 g/mol. The molecule has 0 radical (unpaired) electrons. The number of halogens is 1. The number of carbonyl (C=O) groups is 2. The second kappa shape index (κ2) is 7.72. The zero-order chi connectivity index (χ0) is 18.8. The molecule has 0 aliphatic carbocycles. The molecule has 2 amide bonds. The SMILES string of the molecule is COCc1c(C(=O)N2CCC(C(=O)N(C)C)CC2)sc2cccc(F)c12. The Morgan fingerprint density at radius 3 is 2.62 bits per heavy atom. The molecule has 0 N–H and O–H groups in total. The number of ether oxygens (including phenoxy) is 1. The van der Waals surface area contributed by atoms with Crippen LogP contribution in [0.3, 0.4) is 0 Å². The van der Waals surface area contributed by atoms with Gasteiger partial charge >= 0.3 is 0 Å². The minimum absolute atomic E-state index is 0.0349. The smallest absolute Gasteiger partial charge is 0.264 e. The van der Waals surface area contributed by atoms with Crippen molar-refractivity contribution in [2.45, 2.75) is 19.4 Å². The van der Waals surface area contributed by atoms with Gasteiger partial charge in [-0.2, -0.15) is 0 Å². The third-order valence-electron chi connectivity index (χ3n) is 4.82. The Morgan fingerprint density at radius 2 is 2.00 bits per heavy atom. The lowest BCUT2D eigenvalue weighted by Crippen LogP contribution is -2.42. The minimum atomic E-state index is -0.333. The maximum absolute atomic E-state index is 14.3. The third kappa shape index (κ3) is 3.46. The van der Waals surface area contributed by atoms with Gasteiger partial charge in [0.15, 0.2) is 0 Å². The first-order chi connectivity index (χ1) is 12.4. The summed E-state index contributed by atoms with van der Waals surface area (Å²) < 4.78 is 20.3. The van der Waals surface area contributed by atoms with E-state index in [4.69, 9.17) is 4.74 Å². The molecule has 3 rings (SSSR count). The molecule has 0 bridgehead atoms. The van der Waals surface area contributed by atoms with Crippen LogP contribution < -0.4 is 0 Å². The summed E-state index contributed by atoms with van der Waals surface area (Å²) in [5, 5.41) is 0.473. The summed E-state index contributed by atoms with van der Waals surface area (Å²) in [7, 11) is 5.04. The van der Waals surface area contributed by atoms with Gasteiger partial charge in [-0.15, -0.1) is 11.3 Å². The number of carbonyl (C=O) groups excluding carboxylic acids is 2. The van der Waals surface area contributed by atoms with Gasteiger partial charge in [0.05, 0.1) is 11.5 Å². The quantitative estimate of drug-likeness (QED) is 0.821. The molecule has 1 aromatic carbocycles. The Morgan fingerprint density at radius 1 is 1.31 bits per heavy atom. The fourth-order valence-corrected chi connectivity index (χ4v) is 4.65. The number of nitrogens with zero attached hydrogens (tertiary/aromatic N) is 2. The lowest BCUT2D eigenvalue weighted by Gasteiger charge is -2.32. The lowest BCUT2D eigenvalue weighted by atomic mass is 9.95. The van der Waals surface area contributed by atoms with Crippen molar-refractivity contribution < 1.29 is 18.7 Å². The number of benzene rings is 1. The summed E-state index contributed by atoms with van der Waals surface area (Å²) in [5.41, 5.74) is 0.613. The average Bonchev–Trinajstić information content (AvgIpc) is 3.01. The van der Waals surface area contributed by atoms with E-state index in [0.29, 0.717) is 41.8 Å². The number of amides is 2. The van der Waals surface area contributed by atoms with Crippen molar-refractivity contribution in [3.8, 4) is 0 Å². The first kappa shape index (κ1) is 18.8.